The molecule has 0 aliphatic rings. The summed E-state index contributed by atoms with van der Waals surface area (Å²) in [6, 6.07) is 5.23. The Morgan fingerprint density at radius 2 is 0.933 bits per heavy atom. The van der Waals surface area contributed by atoms with Gasteiger partial charge in [0.25, 0.3) is 0 Å². The molecule has 0 atom stereocenters. The van der Waals surface area contributed by atoms with Gasteiger partial charge < -0.3 is 0 Å². The Balaban J connectivity index is 2.32. The van der Waals surface area contributed by atoms with Crippen LogP contribution in [-0.4, -0.2) is 36.8 Å². The van der Waals surface area contributed by atoms with E-state index >= 15 is 0 Å². The molecule has 0 aromatic carbocycles. The van der Waals surface area contributed by atoms with E-state index in [1.54, 1.807) is 20.9 Å². The molecule has 30 heavy (non-hydrogen) atoms. The normalized spacial score (nSPS) is 12.7. The first kappa shape index (κ1) is 27.2. The molecule has 0 nitrogen and oxygen atoms in total. The fraction of sp³-hybridized carbons (Fsp3) is 0.692. The number of hydrogen-bond donors (Lipinski definition) is 0. The van der Waals surface area contributed by atoms with Gasteiger partial charge in [-0.05, 0) is 0 Å². The van der Waals surface area contributed by atoms with Gasteiger partial charge in [-0.1, -0.05) is 0 Å². The van der Waals surface area contributed by atoms with Gasteiger partial charge in [0.2, 0.25) is 0 Å². The Labute approximate surface area is 204 Å². The minimum atomic E-state index is -2.08. The van der Waals surface area contributed by atoms with E-state index in [2.05, 4.69) is 78.3 Å². The number of unbranched alkanes of at least 4 members (excludes halogenated alkanes) is 6. The first-order valence-electron chi connectivity index (χ1n) is 12.3. The van der Waals surface area contributed by atoms with E-state index in [1.165, 1.54) is 64.2 Å². The van der Waals surface area contributed by atoms with Gasteiger partial charge in [-0.15, -0.1) is 0 Å². The second kappa shape index (κ2) is 12.5. The fourth-order valence-electron chi connectivity index (χ4n) is 4.23. The molecule has 0 amide bonds. The predicted molar refractivity (Wildman–Crippen MR) is 149 cm³/mol. The zero-order chi connectivity index (χ0) is 22.4. The topological polar surface area (TPSA) is 0 Å². The van der Waals surface area contributed by atoms with E-state index in [1.807, 2.05) is 5.79 Å². The summed E-state index contributed by atoms with van der Waals surface area (Å²) in [5.74, 6) is 0. The van der Waals surface area contributed by atoms with Crippen molar-refractivity contribution in [1.29, 1.82) is 0 Å². The maximum atomic E-state index is 2.61. The molecule has 2 aromatic heterocycles. The van der Waals surface area contributed by atoms with Gasteiger partial charge in [0, 0.05) is 0 Å². The number of thiophene rings is 2. The summed E-state index contributed by atoms with van der Waals surface area (Å²) in [6.45, 7) is 4.63. The summed E-state index contributed by atoms with van der Waals surface area (Å²) < 4.78 is 3.66. The van der Waals surface area contributed by atoms with Gasteiger partial charge >= 0.3 is 206 Å². The van der Waals surface area contributed by atoms with Crippen molar-refractivity contribution in [1.82, 2.24) is 0 Å². The number of hydrogen-bond acceptors (Lipinski definition) is 2. The molecule has 0 fully saturated rings. The van der Waals surface area contributed by atoms with Crippen LogP contribution in [0.2, 0.25) is 29.6 Å². The van der Waals surface area contributed by atoms with Crippen LogP contribution < -0.4 is 5.79 Å². The number of aryl methyl sites for hydroxylation is 2. The van der Waals surface area contributed by atoms with Crippen LogP contribution in [-0.2, 0) is 12.8 Å². The molecule has 0 radical (unpaired) electrons. The molecule has 170 valence electrons. The summed E-state index contributed by atoms with van der Waals surface area (Å²) in [4.78, 5) is 18.8. The molecule has 4 heteroatoms. The van der Waals surface area contributed by atoms with Crippen LogP contribution in [0.5, 0.6) is 0 Å². The third-order valence-corrected chi connectivity index (χ3v) is 27.6. The van der Waals surface area contributed by atoms with Crippen molar-refractivity contribution < 1.29 is 0 Å². The Hall–Kier alpha value is 0.997. The summed E-state index contributed by atoms with van der Waals surface area (Å²) in [5, 5.41) is 0. The minimum absolute atomic E-state index is 1.31. The zero-order valence-corrected chi connectivity index (χ0v) is 28.4. The molecule has 2 aromatic rings. The summed E-state index contributed by atoms with van der Waals surface area (Å²) in [7, 11) is 0. The molecular formula is C26H46S2Sn2. The van der Waals surface area contributed by atoms with Crippen LogP contribution in [0.4, 0.5) is 0 Å². The Kier molecular flexibility index (Phi) is 11.3. The van der Waals surface area contributed by atoms with E-state index in [0.29, 0.717) is 0 Å². The average Bonchev–Trinajstić information content (AvgIpc) is 3.26. The first-order valence-corrected chi connectivity index (χ1v) is 34.0. The molecular weight excluding hydrogens is 614 g/mol. The van der Waals surface area contributed by atoms with Gasteiger partial charge in [0.05, 0.1) is 0 Å². The van der Waals surface area contributed by atoms with Gasteiger partial charge in [-0.3, -0.25) is 0 Å². The van der Waals surface area contributed by atoms with Gasteiger partial charge in [0.1, 0.15) is 0 Å². The predicted octanol–water partition coefficient (Wildman–Crippen LogP) is 8.81. The monoisotopic (exact) mass is 662 g/mol. The van der Waals surface area contributed by atoms with E-state index < -0.39 is 36.8 Å². The summed E-state index contributed by atoms with van der Waals surface area (Å²) in [5.41, 5.74) is 3.43. The Morgan fingerprint density at radius 1 is 0.567 bits per heavy atom. The van der Waals surface area contributed by atoms with Crippen LogP contribution in [0.3, 0.4) is 0 Å². The standard InChI is InChI=1S/C20H28S2.6CH3.2Sn/c1-3-5-7-9-11-17-13-19(21-15-17)20-14-18(16-22-20)12-10-8-6-4-2;;;;;;;;/h13-14H,3-12H2,1-2H3;6*1H3;;. The van der Waals surface area contributed by atoms with Gasteiger partial charge in [0.15, 0.2) is 0 Å². The van der Waals surface area contributed by atoms with Crippen molar-refractivity contribution in [2.45, 2.75) is 108 Å². The van der Waals surface area contributed by atoms with E-state index in [-0.39, 0.29) is 0 Å². The van der Waals surface area contributed by atoms with E-state index in [4.69, 9.17) is 0 Å². The second-order valence-electron chi connectivity index (χ2n) is 11.1. The van der Waals surface area contributed by atoms with Crippen LogP contribution >= 0.6 is 22.7 Å². The first-order chi connectivity index (χ1) is 14.1. The Morgan fingerprint density at radius 3 is 1.23 bits per heavy atom. The quantitative estimate of drug-likeness (QED) is 0.149. The van der Waals surface area contributed by atoms with Gasteiger partial charge in [-0.2, -0.15) is 0 Å². The van der Waals surface area contributed by atoms with Crippen molar-refractivity contribution >= 4 is 65.2 Å². The van der Waals surface area contributed by atoms with Crippen molar-refractivity contribution in [3.05, 3.63) is 23.3 Å². The van der Waals surface area contributed by atoms with Crippen molar-refractivity contribution in [2.75, 3.05) is 0 Å². The molecule has 0 N–H and O–H groups in total. The van der Waals surface area contributed by atoms with Crippen molar-refractivity contribution in [3.63, 3.8) is 0 Å². The molecule has 0 spiro atoms. The van der Waals surface area contributed by atoms with Crippen molar-refractivity contribution in [2.24, 2.45) is 0 Å². The average molecular weight is 660 g/mol. The molecule has 0 bridgehead atoms. The van der Waals surface area contributed by atoms with Crippen molar-refractivity contribution in [3.8, 4) is 9.75 Å². The van der Waals surface area contributed by atoms with Crippen LogP contribution in [0.1, 0.15) is 76.3 Å². The van der Waals surface area contributed by atoms with Gasteiger partial charge in [-0.25, -0.2) is 0 Å². The molecule has 0 aliphatic heterocycles. The third kappa shape index (κ3) is 8.09. The molecule has 0 saturated carbocycles. The summed E-state index contributed by atoms with van der Waals surface area (Å²) in [6.07, 6.45) is 13.6. The second-order valence-corrected chi connectivity index (χ2v) is 43.8. The molecule has 2 heterocycles. The van der Waals surface area contributed by atoms with Crippen LogP contribution in [0.15, 0.2) is 12.1 Å². The number of rotatable bonds is 13. The third-order valence-electron chi connectivity index (χ3n) is 5.82. The summed E-state index contributed by atoms with van der Waals surface area (Å²) >= 11 is 0.181. The maximum absolute atomic E-state index is 2.61. The SMILES string of the molecule is CCCCCCc1cc(-c2cc(CCCCCC)[c]([Sn]([CH3])([CH3])[CH3])s2)s[c]1[Sn]([CH3])([CH3])[CH3]. The molecule has 0 aliphatic carbocycles. The van der Waals surface area contributed by atoms with Crippen LogP contribution in [0, 0.1) is 0 Å². The molecule has 0 saturated heterocycles. The van der Waals surface area contributed by atoms with E-state index in [0.717, 1.165) is 0 Å². The van der Waals surface area contributed by atoms with Crippen LogP contribution in [0.25, 0.3) is 9.75 Å². The zero-order valence-electron chi connectivity index (χ0n) is 21.0. The van der Waals surface area contributed by atoms with E-state index in [9.17, 15) is 0 Å². The molecule has 0 unspecified atom stereocenters. The molecule has 2 rings (SSSR count). The Bertz CT molecular complexity index is 706. The fourth-order valence-corrected chi connectivity index (χ4v) is 20.6.